The van der Waals surface area contributed by atoms with E-state index in [-0.39, 0.29) is 18.7 Å². The third kappa shape index (κ3) is 6.01. The summed E-state index contributed by atoms with van der Waals surface area (Å²) in [5.41, 5.74) is 0.833. The van der Waals surface area contributed by atoms with Crippen molar-refractivity contribution in [2.24, 2.45) is 0 Å². The molecule has 0 aliphatic rings. The molecular weight excluding hydrogens is 270 g/mol. The van der Waals surface area contributed by atoms with Crippen LogP contribution in [0.2, 0.25) is 0 Å². The summed E-state index contributed by atoms with van der Waals surface area (Å²) in [6, 6.07) is 6.24. The molecule has 0 aliphatic carbocycles. The first-order valence-corrected chi connectivity index (χ1v) is 7.60. The monoisotopic (exact) mass is 285 g/mol. The van der Waals surface area contributed by atoms with Gasteiger partial charge in [0.2, 0.25) is 0 Å². The van der Waals surface area contributed by atoms with Crippen LogP contribution >= 0.6 is 0 Å². The minimum atomic E-state index is -3.16. The number of nitrogens with one attached hydrogen (secondary N) is 1. The van der Waals surface area contributed by atoms with E-state index in [0.29, 0.717) is 11.1 Å². The number of hydrogen-bond acceptors (Lipinski definition) is 4. The van der Waals surface area contributed by atoms with E-state index in [1.54, 1.807) is 18.2 Å². The Morgan fingerprint density at radius 1 is 1.32 bits per heavy atom. The first-order valence-electron chi connectivity index (χ1n) is 5.54. The molecule has 0 radical (unpaired) electrons. The molecular formula is C12H15NO5S. The van der Waals surface area contributed by atoms with E-state index >= 15 is 0 Å². The topological polar surface area (TPSA) is 101 Å². The van der Waals surface area contributed by atoms with Crippen LogP contribution in [0.25, 0.3) is 0 Å². The molecule has 1 aromatic carbocycles. The van der Waals surface area contributed by atoms with Gasteiger partial charge in [-0.05, 0) is 17.7 Å². The molecule has 1 amide bonds. The Morgan fingerprint density at radius 3 is 2.58 bits per heavy atom. The summed E-state index contributed by atoms with van der Waals surface area (Å²) < 4.78 is 22.3. The highest BCUT2D eigenvalue weighted by Crippen LogP contribution is 2.08. The van der Waals surface area contributed by atoms with Crippen molar-refractivity contribution >= 4 is 21.7 Å². The van der Waals surface area contributed by atoms with E-state index in [0.717, 1.165) is 6.26 Å². The van der Waals surface area contributed by atoms with Crippen LogP contribution in [0.5, 0.6) is 0 Å². The molecule has 1 rings (SSSR count). The van der Waals surface area contributed by atoms with Crippen LogP contribution in [0.3, 0.4) is 0 Å². The average molecular weight is 285 g/mol. The molecule has 2 N–H and O–H groups in total. The molecule has 6 nitrogen and oxygen atoms in total. The number of carbonyl (C=O) groups is 2. The van der Waals surface area contributed by atoms with Gasteiger partial charge in [-0.2, -0.15) is 0 Å². The van der Waals surface area contributed by atoms with Crippen LogP contribution in [0, 0.1) is 0 Å². The van der Waals surface area contributed by atoms with E-state index < -0.39 is 21.7 Å². The Kier molecular flexibility index (Phi) is 5.05. The zero-order valence-corrected chi connectivity index (χ0v) is 11.2. The molecule has 7 heteroatoms. The molecule has 104 valence electrons. The summed E-state index contributed by atoms with van der Waals surface area (Å²) in [6.45, 7) is 0.0322. The minimum Gasteiger partial charge on any atom is -0.481 e. The second-order valence-corrected chi connectivity index (χ2v) is 6.31. The molecule has 0 spiro atoms. The van der Waals surface area contributed by atoms with Crippen molar-refractivity contribution in [3.8, 4) is 0 Å². The predicted molar refractivity (Wildman–Crippen MR) is 69.6 cm³/mol. The highest BCUT2D eigenvalue weighted by Gasteiger charge is 2.09. The maximum absolute atomic E-state index is 11.7. The Bertz CT molecular complexity index is 580. The Labute approximate surface area is 111 Å². The fourth-order valence-electron chi connectivity index (χ4n) is 1.49. The summed E-state index contributed by atoms with van der Waals surface area (Å²) in [4.78, 5) is 22.0. The average Bonchev–Trinajstić information content (AvgIpc) is 2.26. The fourth-order valence-corrected chi connectivity index (χ4v) is 2.28. The Hall–Kier alpha value is -1.89. The van der Waals surface area contributed by atoms with Crippen LogP contribution in [-0.2, 0) is 20.4 Å². The van der Waals surface area contributed by atoms with Crippen LogP contribution < -0.4 is 5.32 Å². The largest absolute Gasteiger partial charge is 0.481 e. The lowest BCUT2D eigenvalue weighted by Crippen LogP contribution is -2.26. The summed E-state index contributed by atoms with van der Waals surface area (Å²) in [6.07, 6.45) is 0.960. The number of rotatable bonds is 6. The number of aliphatic carboxylic acids is 1. The number of sulfone groups is 1. The van der Waals surface area contributed by atoms with Crippen molar-refractivity contribution in [3.05, 3.63) is 35.4 Å². The number of carboxylic acids is 1. The standard InChI is InChI=1S/C12H15NO5S/c1-19(17,18)8-9-3-2-4-10(7-9)12(16)13-6-5-11(14)15/h2-4,7H,5-6,8H2,1H3,(H,13,16)(H,14,15). The third-order valence-corrected chi connectivity index (χ3v) is 3.10. The second kappa shape index (κ2) is 6.33. The number of amides is 1. The van der Waals surface area contributed by atoms with Crippen LogP contribution in [-0.4, -0.2) is 38.2 Å². The lowest BCUT2D eigenvalue weighted by atomic mass is 10.1. The smallest absolute Gasteiger partial charge is 0.305 e. The quantitative estimate of drug-likeness (QED) is 0.789. The van der Waals surface area contributed by atoms with E-state index in [4.69, 9.17) is 5.11 Å². The van der Waals surface area contributed by atoms with Crippen molar-refractivity contribution < 1.29 is 23.1 Å². The maximum atomic E-state index is 11.7. The molecule has 0 fully saturated rings. The Balaban J connectivity index is 2.70. The molecule has 0 saturated carbocycles. The van der Waals surface area contributed by atoms with Crippen molar-refractivity contribution in [3.63, 3.8) is 0 Å². The summed E-state index contributed by atoms with van der Waals surface area (Å²) in [5, 5.41) is 10.9. The minimum absolute atomic E-state index is 0.0322. The van der Waals surface area contributed by atoms with Gasteiger partial charge in [-0.25, -0.2) is 8.42 Å². The molecule has 0 unspecified atom stereocenters. The van der Waals surface area contributed by atoms with Crippen LogP contribution in [0.1, 0.15) is 22.3 Å². The molecule has 0 aromatic heterocycles. The van der Waals surface area contributed by atoms with Gasteiger partial charge in [0.1, 0.15) is 0 Å². The Morgan fingerprint density at radius 2 is 2.00 bits per heavy atom. The van der Waals surface area contributed by atoms with Gasteiger partial charge in [0, 0.05) is 18.4 Å². The van der Waals surface area contributed by atoms with Gasteiger partial charge >= 0.3 is 5.97 Å². The lowest BCUT2D eigenvalue weighted by Gasteiger charge is -2.05. The molecule has 0 aliphatic heterocycles. The van der Waals surface area contributed by atoms with Crippen molar-refractivity contribution in [2.45, 2.75) is 12.2 Å². The maximum Gasteiger partial charge on any atom is 0.305 e. The van der Waals surface area contributed by atoms with Crippen molar-refractivity contribution in [2.75, 3.05) is 12.8 Å². The van der Waals surface area contributed by atoms with Gasteiger partial charge in [0.15, 0.2) is 9.84 Å². The van der Waals surface area contributed by atoms with E-state index in [2.05, 4.69) is 5.32 Å². The number of carboxylic acid groups (broad SMARTS) is 1. The van der Waals surface area contributed by atoms with Crippen molar-refractivity contribution in [1.82, 2.24) is 5.32 Å². The summed E-state index contributed by atoms with van der Waals surface area (Å²) in [5.74, 6) is -1.55. The van der Waals surface area contributed by atoms with Gasteiger partial charge < -0.3 is 10.4 Å². The van der Waals surface area contributed by atoms with Gasteiger partial charge in [-0.3, -0.25) is 9.59 Å². The molecule has 0 heterocycles. The van der Waals surface area contributed by atoms with Gasteiger partial charge in [0.25, 0.3) is 5.91 Å². The van der Waals surface area contributed by atoms with Gasteiger partial charge in [-0.15, -0.1) is 0 Å². The van der Waals surface area contributed by atoms with Crippen LogP contribution in [0.4, 0.5) is 0 Å². The summed E-state index contributed by atoms with van der Waals surface area (Å²) >= 11 is 0. The molecule has 0 saturated heterocycles. The zero-order valence-electron chi connectivity index (χ0n) is 10.4. The highest BCUT2D eigenvalue weighted by atomic mass is 32.2. The second-order valence-electron chi connectivity index (χ2n) is 4.17. The predicted octanol–water partition coefficient (Wildman–Crippen LogP) is 0.436. The lowest BCUT2D eigenvalue weighted by molar-refractivity contribution is -0.136. The summed E-state index contributed by atoms with van der Waals surface area (Å²) in [7, 11) is -3.16. The zero-order chi connectivity index (χ0) is 14.5. The van der Waals surface area contributed by atoms with Gasteiger partial charge in [0.05, 0.1) is 12.2 Å². The molecule has 0 atom stereocenters. The SMILES string of the molecule is CS(=O)(=O)Cc1cccc(C(=O)NCCC(=O)O)c1. The van der Waals surface area contributed by atoms with E-state index in [1.165, 1.54) is 6.07 Å². The van der Waals surface area contributed by atoms with Crippen LogP contribution in [0.15, 0.2) is 24.3 Å². The molecule has 0 bridgehead atoms. The number of hydrogen-bond donors (Lipinski definition) is 2. The number of benzene rings is 1. The highest BCUT2D eigenvalue weighted by molar-refractivity contribution is 7.89. The molecule has 19 heavy (non-hydrogen) atoms. The van der Waals surface area contributed by atoms with Crippen molar-refractivity contribution in [1.29, 1.82) is 0 Å². The normalized spacial score (nSPS) is 11.0. The first-order chi connectivity index (χ1) is 8.78. The number of carbonyl (C=O) groups excluding carboxylic acids is 1. The van der Waals surface area contributed by atoms with E-state index in [9.17, 15) is 18.0 Å². The molecule has 1 aromatic rings. The first kappa shape index (κ1) is 15.2. The fraction of sp³-hybridized carbons (Fsp3) is 0.333. The van der Waals surface area contributed by atoms with Gasteiger partial charge in [-0.1, -0.05) is 12.1 Å². The third-order valence-electron chi connectivity index (χ3n) is 2.24. The van der Waals surface area contributed by atoms with E-state index in [1.807, 2.05) is 0 Å².